The SMILES string of the molecule is COc1ccccc1-c1ccccc1C(=O)NC[C@H](C)N(C)C. The molecule has 2 aromatic rings. The maximum Gasteiger partial charge on any atom is 0.251 e. The van der Waals surface area contributed by atoms with Gasteiger partial charge in [0, 0.05) is 23.7 Å². The van der Waals surface area contributed by atoms with Crippen LogP contribution in [0.5, 0.6) is 5.75 Å². The van der Waals surface area contributed by atoms with E-state index in [1.165, 1.54) is 0 Å². The van der Waals surface area contributed by atoms with Gasteiger partial charge in [-0.25, -0.2) is 0 Å². The van der Waals surface area contributed by atoms with Crippen molar-refractivity contribution in [3.63, 3.8) is 0 Å². The van der Waals surface area contributed by atoms with Crippen molar-refractivity contribution in [3.8, 4) is 16.9 Å². The third-order valence-corrected chi connectivity index (χ3v) is 4.01. The molecule has 1 N–H and O–H groups in total. The van der Waals surface area contributed by atoms with Crippen molar-refractivity contribution in [1.29, 1.82) is 0 Å². The summed E-state index contributed by atoms with van der Waals surface area (Å²) in [5, 5.41) is 3.01. The minimum Gasteiger partial charge on any atom is -0.496 e. The standard InChI is InChI=1S/C19H24N2O2/c1-14(21(2)3)13-20-19(22)17-11-6-5-9-15(17)16-10-7-8-12-18(16)23-4/h5-12,14H,13H2,1-4H3,(H,20,22)/t14-/m0/s1. The zero-order valence-corrected chi connectivity index (χ0v) is 14.2. The predicted molar refractivity (Wildman–Crippen MR) is 93.9 cm³/mol. The lowest BCUT2D eigenvalue weighted by Crippen LogP contribution is -2.38. The lowest BCUT2D eigenvalue weighted by Gasteiger charge is -2.20. The molecule has 0 aliphatic rings. The van der Waals surface area contributed by atoms with Crippen molar-refractivity contribution < 1.29 is 9.53 Å². The summed E-state index contributed by atoms with van der Waals surface area (Å²) in [6.07, 6.45) is 0. The number of carbonyl (C=O) groups excluding carboxylic acids is 1. The van der Waals surface area contributed by atoms with Gasteiger partial charge in [0.25, 0.3) is 5.91 Å². The monoisotopic (exact) mass is 312 g/mol. The van der Waals surface area contributed by atoms with Crippen molar-refractivity contribution in [2.75, 3.05) is 27.7 Å². The summed E-state index contributed by atoms with van der Waals surface area (Å²) in [5.74, 6) is 0.689. The first-order chi connectivity index (χ1) is 11.0. The summed E-state index contributed by atoms with van der Waals surface area (Å²) in [6, 6.07) is 15.6. The molecule has 122 valence electrons. The molecule has 2 rings (SSSR count). The minimum atomic E-state index is -0.0693. The predicted octanol–water partition coefficient (Wildman–Crippen LogP) is 3.04. The van der Waals surface area contributed by atoms with Gasteiger partial charge in [0.05, 0.1) is 7.11 Å². The number of benzene rings is 2. The molecule has 1 amide bonds. The first-order valence-corrected chi connectivity index (χ1v) is 7.71. The Kier molecular flexibility index (Phi) is 5.77. The zero-order valence-electron chi connectivity index (χ0n) is 14.2. The van der Waals surface area contributed by atoms with Crippen LogP contribution in [0, 0.1) is 0 Å². The summed E-state index contributed by atoms with van der Waals surface area (Å²) in [7, 11) is 5.64. The topological polar surface area (TPSA) is 41.6 Å². The van der Waals surface area contributed by atoms with E-state index in [1.54, 1.807) is 7.11 Å². The first-order valence-electron chi connectivity index (χ1n) is 7.71. The highest BCUT2D eigenvalue weighted by atomic mass is 16.5. The largest absolute Gasteiger partial charge is 0.496 e. The van der Waals surface area contributed by atoms with Crippen LogP contribution in [0.15, 0.2) is 48.5 Å². The number of nitrogens with one attached hydrogen (secondary N) is 1. The molecule has 0 heterocycles. The minimum absolute atomic E-state index is 0.0693. The molecule has 2 aromatic carbocycles. The molecule has 4 nitrogen and oxygen atoms in total. The summed E-state index contributed by atoms with van der Waals surface area (Å²) in [5.41, 5.74) is 2.45. The van der Waals surface area contributed by atoms with Gasteiger partial charge in [0.2, 0.25) is 0 Å². The van der Waals surface area contributed by atoms with Crippen molar-refractivity contribution in [1.82, 2.24) is 10.2 Å². The number of methoxy groups -OCH3 is 1. The maximum atomic E-state index is 12.6. The van der Waals surface area contributed by atoms with Gasteiger partial charge < -0.3 is 15.0 Å². The molecule has 0 unspecified atom stereocenters. The Morgan fingerprint density at radius 3 is 2.35 bits per heavy atom. The van der Waals surface area contributed by atoms with Gasteiger partial charge in [-0.2, -0.15) is 0 Å². The second-order valence-electron chi connectivity index (χ2n) is 5.77. The van der Waals surface area contributed by atoms with Crippen LogP contribution in [0.1, 0.15) is 17.3 Å². The molecule has 0 aromatic heterocycles. The Bertz CT molecular complexity index is 668. The van der Waals surface area contributed by atoms with Crippen LogP contribution < -0.4 is 10.1 Å². The number of amides is 1. The van der Waals surface area contributed by atoms with Gasteiger partial charge >= 0.3 is 0 Å². The number of ether oxygens (including phenoxy) is 1. The van der Waals surface area contributed by atoms with E-state index in [-0.39, 0.29) is 11.9 Å². The van der Waals surface area contributed by atoms with Gasteiger partial charge in [-0.1, -0.05) is 36.4 Å². The Balaban J connectivity index is 2.29. The number of nitrogens with zero attached hydrogens (tertiary/aromatic N) is 1. The fraction of sp³-hybridized carbons (Fsp3) is 0.316. The Morgan fingerprint density at radius 1 is 1.09 bits per heavy atom. The van der Waals surface area contributed by atoms with Crippen LogP contribution in [0.2, 0.25) is 0 Å². The highest BCUT2D eigenvalue weighted by Gasteiger charge is 2.15. The maximum absolute atomic E-state index is 12.6. The van der Waals surface area contributed by atoms with Gasteiger partial charge in [-0.3, -0.25) is 4.79 Å². The quantitative estimate of drug-likeness (QED) is 0.891. The van der Waals surface area contributed by atoms with Crippen LogP contribution in [-0.2, 0) is 0 Å². The van der Waals surface area contributed by atoms with Crippen molar-refractivity contribution >= 4 is 5.91 Å². The molecular formula is C19H24N2O2. The summed E-state index contributed by atoms with van der Waals surface area (Å²) >= 11 is 0. The lowest BCUT2D eigenvalue weighted by molar-refractivity contribution is 0.0944. The van der Waals surface area contributed by atoms with Crippen molar-refractivity contribution in [2.24, 2.45) is 0 Å². The Hall–Kier alpha value is -2.33. The van der Waals surface area contributed by atoms with E-state index in [0.29, 0.717) is 12.1 Å². The third kappa shape index (κ3) is 4.11. The van der Waals surface area contributed by atoms with Gasteiger partial charge in [0.1, 0.15) is 5.75 Å². The second kappa shape index (κ2) is 7.79. The highest BCUT2D eigenvalue weighted by molar-refractivity contribution is 6.01. The molecule has 23 heavy (non-hydrogen) atoms. The highest BCUT2D eigenvalue weighted by Crippen LogP contribution is 2.31. The molecule has 0 saturated carbocycles. The molecule has 0 aliphatic carbocycles. The van der Waals surface area contributed by atoms with E-state index >= 15 is 0 Å². The molecule has 1 atom stereocenters. The van der Waals surface area contributed by atoms with Crippen LogP contribution >= 0.6 is 0 Å². The molecular weight excluding hydrogens is 288 g/mol. The molecule has 0 aliphatic heterocycles. The average Bonchev–Trinajstić information content (AvgIpc) is 2.59. The number of para-hydroxylation sites is 1. The number of likely N-dealkylation sites (N-methyl/N-ethyl adjacent to an activating group) is 1. The van der Waals surface area contributed by atoms with E-state index in [1.807, 2.05) is 62.6 Å². The molecule has 0 fully saturated rings. The number of rotatable bonds is 6. The third-order valence-electron chi connectivity index (χ3n) is 4.01. The Morgan fingerprint density at radius 2 is 1.70 bits per heavy atom. The fourth-order valence-electron chi connectivity index (χ4n) is 2.30. The van der Waals surface area contributed by atoms with E-state index in [0.717, 1.165) is 16.9 Å². The van der Waals surface area contributed by atoms with Crippen LogP contribution in [0.4, 0.5) is 0 Å². The smallest absolute Gasteiger partial charge is 0.251 e. The van der Waals surface area contributed by atoms with Crippen LogP contribution in [0.3, 0.4) is 0 Å². The number of hydrogen-bond donors (Lipinski definition) is 1. The van der Waals surface area contributed by atoms with Crippen LogP contribution in [-0.4, -0.2) is 44.6 Å². The summed E-state index contributed by atoms with van der Waals surface area (Å²) in [4.78, 5) is 14.7. The van der Waals surface area contributed by atoms with E-state index < -0.39 is 0 Å². The average molecular weight is 312 g/mol. The van der Waals surface area contributed by atoms with Gasteiger partial charge in [-0.15, -0.1) is 0 Å². The number of carbonyl (C=O) groups is 1. The lowest BCUT2D eigenvalue weighted by atomic mass is 9.98. The fourth-order valence-corrected chi connectivity index (χ4v) is 2.30. The van der Waals surface area contributed by atoms with Crippen molar-refractivity contribution in [2.45, 2.75) is 13.0 Å². The summed E-state index contributed by atoms with van der Waals surface area (Å²) < 4.78 is 5.43. The molecule has 4 heteroatoms. The van der Waals surface area contributed by atoms with Gasteiger partial charge in [0.15, 0.2) is 0 Å². The summed E-state index contributed by atoms with van der Waals surface area (Å²) in [6.45, 7) is 2.68. The van der Waals surface area contributed by atoms with Crippen LogP contribution in [0.25, 0.3) is 11.1 Å². The second-order valence-corrected chi connectivity index (χ2v) is 5.77. The molecule has 0 bridgehead atoms. The molecule has 0 saturated heterocycles. The molecule has 0 spiro atoms. The van der Waals surface area contributed by atoms with Crippen molar-refractivity contribution in [3.05, 3.63) is 54.1 Å². The van der Waals surface area contributed by atoms with Gasteiger partial charge in [-0.05, 0) is 38.7 Å². The van der Waals surface area contributed by atoms with E-state index in [4.69, 9.17) is 4.74 Å². The van der Waals surface area contributed by atoms with E-state index in [9.17, 15) is 4.79 Å². The first kappa shape index (κ1) is 17.0. The normalized spacial score (nSPS) is 12.0. The Labute approximate surface area is 138 Å². The number of hydrogen-bond acceptors (Lipinski definition) is 3. The molecule has 0 radical (unpaired) electrons. The van der Waals surface area contributed by atoms with E-state index in [2.05, 4.69) is 17.1 Å². The zero-order chi connectivity index (χ0) is 16.8.